The molecule has 7 heteroatoms. The normalized spacial score (nSPS) is 9.89. The van der Waals surface area contributed by atoms with E-state index in [4.69, 9.17) is 14.7 Å². The maximum atomic E-state index is 12.3. The van der Waals surface area contributed by atoms with Gasteiger partial charge in [-0.1, -0.05) is 6.07 Å². The summed E-state index contributed by atoms with van der Waals surface area (Å²) in [4.78, 5) is 16.5. The molecule has 3 rings (SSSR count). The standard InChI is InChI=1S/C21H18N4O3/c1-27-19-9-7-16(11-20(19)28-2)24-17-6-8-18(23-13-17)21(26)25-15-5-3-4-14(10-15)12-22/h3-11,13,24H,1-2H3,(H,25,26). The number of anilines is 3. The number of pyridine rings is 1. The van der Waals surface area contributed by atoms with Crippen LogP contribution in [0.2, 0.25) is 0 Å². The number of nitrogens with one attached hydrogen (secondary N) is 2. The van der Waals surface area contributed by atoms with E-state index in [1.165, 1.54) is 0 Å². The minimum atomic E-state index is -0.354. The van der Waals surface area contributed by atoms with Crippen molar-refractivity contribution in [3.63, 3.8) is 0 Å². The monoisotopic (exact) mass is 374 g/mol. The highest BCUT2D eigenvalue weighted by molar-refractivity contribution is 6.03. The third kappa shape index (κ3) is 4.37. The highest BCUT2D eigenvalue weighted by Crippen LogP contribution is 2.31. The molecule has 0 saturated heterocycles. The number of carbonyl (C=O) groups excluding carboxylic acids is 1. The number of benzene rings is 2. The Labute approximate surface area is 162 Å². The predicted octanol–water partition coefficient (Wildman–Crippen LogP) is 3.97. The average Bonchev–Trinajstić information content (AvgIpc) is 2.74. The second-order valence-electron chi connectivity index (χ2n) is 5.77. The Balaban J connectivity index is 1.69. The lowest BCUT2D eigenvalue weighted by Gasteiger charge is -2.11. The lowest BCUT2D eigenvalue weighted by molar-refractivity contribution is 0.102. The number of nitrogens with zero attached hydrogens (tertiary/aromatic N) is 2. The van der Waals surface area contributed by atoms with E-state index in [-0.39, 0.29) is 11.6 Å². The Bertz CT molecular complexity index is 1030. The van der Waals surface area contributed by atoms with Gasteiger partial charge in [-0.3, -0.25) is 4.79 Å². The Morgan fingerprint density at radius 2 is 1.75 bits per heavy atom. The van der Waals surface area contributed by atoms with Crippen LogP contribution < -0.4 is 20.1 Å². The number of hydrogen-bond acceptors (Lipinski definition) is 6. The average molecular weight is 374 g/mol. The summed E-state index contributed by atoms with van der Waals surface area (Å²) in [6.45, 7) is 0. The number of hydrogen-bond donors (Lipinski definition) is 2. The van der Waals surface area contributed by atoms with Crippen LogP contribution in [0.4, 0.5) is 17.1 Å². The highest BCUT2D eigenvalue weighted by Gasteiger charge is 2.09. The third-order valence-corrected chi connectivity index (χ3v) is 3.92. The van der Waals surface area contributed by atoms with Crippen molar-refractivity contribution in [2.24, 2.45) is 0 Å². The number of rotatable bonds is 6. The van der Waals surface area contributed by atoms with Crippen LogP contribution in [0.5, 0.6) is 11.5 Å². The van der Waals surface area contributed by atoms with E-state index in [0.29, 0.717) is 22.7 Å². The van der Waals surface area contributed by atoms with Crippen molar-refractivity contribution >= 4 is 23.0 Å². The largest absolute Gasteiger partial charge is 0.493 e. The van der Waals surface area contributed by atoms with Gasteiger partial charge < -0.3 is 20.1 Å². The van der Waals surface area contributed by atoms with Gasteiger partial charge in [-0.2, -0.15) is 5.26 Å². The minimum absolute atomic E-state index is 0.264. The fourth-order valence-electron chi connectivity index (χ4n) is 2.54. The zero-order valence-electron chi connectivity index (χ0n) is 15.4. The zero-order chi connectivity index (χ0) is 19.9. The van der Waals surface area contributed by atoms with Crippen molar-refractivity contribution in [1.29, 1.82) is 5.26 Å². The van der Waals surface area contributed by atoms with Crippen molar-refractivity contribution in [2.45, 2.75) is 0 Å². The number of ether oxygens (including phenoxy) is 2. The molecule has 7 nitrogen and oxygen atoms in total. The van der Waals surface area contributed by atoms with Gasteiger partial charge in [-0.25, -0.2) is 4.98 Å². The Morgan fingerprint density at radius 3 is 2.43 bits per heavy atom. The molecule has 0 atom stereocenters. The Kier molecular flexibility index (Phi) is 5.72. The molecule has 1 aromatic heterocycles. The summed E-state index contributed by atoms with van der Waals surface area (Å²) < 4.78 is 10.5. The molecule has 0 spiro atoms. The first-order valence-corrected chi connectivity index (χ1v) is 8.39. The van der Waals surface area contributed by atoms with Crippen LogP contribution in [0.1, 0.15) is 16.1 Å². The molecule has 0 aliphatic rings. The van der Waals surface area contributed by atoms with E-state index in [1.807, 2.05) is 18.2 Å². The van der Waals surface area contributed by atoms with E-state index < -0.39 is 0 Å². The van der Waals surface area contributed by atoms with Crippen LogP contribution in [0.3, 0.4) is 0 Å². The van der Waals surface area contributed by atoms with Gasteiger partial charge in [0.1, 0.15) is 5.69 Å². The first kappa shape index (κ1) is 18.7. The molecule has 1 amide bonds. The third-order valence-electron chi connectivity index (χ3n) is 3.92. The molecule has 1 heterocycles. The maximum absolute atomic E-state index is 12.3. The van der Waals surface area contributed by atoms with Crippen LogP contribution in [0.15, 0.2) is 60.8 Å². The van der Waals surface area contributed by atoms with E-state index in [2.05, 4.69) is 15.6 Å². The van der Waals surface area contributed by atoms with E-state index >= 15 is 0 Å². The Hall–Kier alpha value is -4.05. The fraction of sp³-hybridized carbons (Fsp3) is 0.0952. The van der Waals surface area contributed by atoms with Gasteiger partial charge in [0.25, 0.3) is 5.91 Å². The van der Waals surface area contributed by atoms with Crippen molar-refractivity contribution < 1.29 is 14.3 Å². The van der Waals surface area contributed by atoms with Crippen LogP contribution in [-0.2, 0) is 0 Å². The van der Waals surface area contributed by atoms with Crippen molar-refractivity contribution in [2.75, 3.05) is 24.9 Å². The van der Waals surface area contributed by atoms with Gasteiger partial charge in [-0.05, 0) is 42.5 Å². The quantitative estimate of drug-likeness (QED) is 0.678. The van der Waals surface area contributed by atoms with Gasteiger partial charge in [-0.15, -0.1) is 0 Å². The van der Waals surface area contributed by atoms with Crippen LogP contribution >= 0.6 is 0 Å². The number of amides is 1. The number of carbonyl (C=O) groups is 1. The summed E-state index contributed by atoms with van der Waals surface area (Å²) in [6.07, 6.45) is 1.57. The molecule has 2 N–H and O–H groups in total. The lowest BCUT2D eigenvalue weighted by atomic mass is 10.2. The van der Waals surface area contributed by atoms with Crippen LogP contribution in [0, 0.1) is 11.3 Å². The van der Waals surface area contributed by atoms with Gasteiger partial charge >= 0.3 is 0 Å². The van der Waals surface area contributed by atoms with Crippen LogP contribution in [0.25, 0.3) is 0 Å². The summed E-state index contributed by atoms with van der Waals surface area (Å²) in [5.41, 5.74) is 2.79. The van der Waals surface area contributed by atoms with Gasteiger partial charge in [0.2, 0.25) is 0 Å². The number of nitriles is 1. The molecule has 28 heavy (non-hydrogen) atoms. The predicted molar refractivity (Wildman–Crippen MR) is 106 cm³/mol. The summed E-state index contributed by atoms with van der Waals surface area (Å²) in [5.74, 6) is 0.891. The minimum Gasteiger partial charge on any atom is -0.493 e. The molecule has 3 aromatic rings. The Morgan fingerprint density at radius 1 is 0.964 bits per heavy atom. The molecule has 0 fully saturated rings. The first-order valence-electron chi connectivity index (χ1n) is 8.39. The maximum Gasteiger partial charge on any atom is 0.274 e. The van der Waals surface area contributed by atoms with E-state index in [9.17, 15) is 4.79 Å². The fourth-order valence-corrected chi connectivity index (χ4v) is 2.54. The summed E-state index contributed by atoms with van der Waals surface area (Å²) in [7, 11) is 3.15. The second kappa shape index (κ2) is 8.56. The van der Waals surface area contributed by atoms with Gasteiger partial charge in [0.15, 0.2) is 11.5 Å². The molecule has 2 aromatic carbocycles. The first-order chi connectivity index (χ1) is 13.6. The van der Waals surface area contributed by atoms with E-state index in [0.717, 1.165) is 11.4 Å². The van der Waals surface area contributed by atoms with Crippen molar-refractivity contribution in [3.05, 3.63) is 72.1 Å². The number of methoxy groups -OCH3 is 2. The molecule has 140 valence electrons. The van der Waals surface area contributed by atoms with Crippen molar-refractivity contribution in [3.8, 4) is 17.6 Å². The molecular formula is C21H18N4O3. The van der Waals surface area contributed by atoms with Gasteiger partial charge in [0, 0.05) is 17.4 Å². The molecule has 0 bridgehead atoms. The number of aromatic nitrogens is 1. The summed E-state index contributed by atoms with van der Waals surface area (Å²) in [5, 5.41) is 14.9. The lowest BCUT2D eigenvalue weighted by Crippen LogP contribution is -2.13. The summed E-state index contributed by atoms with van der Waals surface area (Å²) >= 11 is 0. The zero-order valence-corrected chi connectivity index (χ0v) is 15.4. The molecular weight excluding hydrogens is 356 g/mol. The molecule has 0 aliphatic carbocycles. The van der Waals surface area contributed by atoms with Gasteiger partial charge in [0.05, 0.1) is 37.7 Å². The molecule has 0 saturated carbocycles. The smallest absolute Gasteiger partial charge is 0.274 e. The van der Waals surface area contributed by atoms with Crippen LogP contribution in [-0.4, -0.2) is 25.1 Å². The molecule has 0 radical (unpaired) electrons. The van der Waals surface area contributed by atoms with Crippen molar-refractivity contribution in [1.82, 2.24) is 4.98 Å². The highest BCUT2D eigenvalue weighted by atomic mass is 16.5. The SMILES string of the molecule is COc1ccc(Nc2ccc(C(=O)Nc3cccc(C#N)c3)nc2)cc1OC. The summed E-state index contributed by atoms with van der Waals surface area (Å²) in [6, 6.07) is 17.6. The van der Waals surface area contributed by atoms with E-state index in [1.54, 1.807) is 62.9 Å². The molecule has 0 unspecified atom stereocenters. The topological polar surface area (TPSA) is 96.3 Å². The molecule has 0 aliphatic heterocycles. The second-order valence-corrected chi connectivity index (χ2v) is 5.77.